The summed E-state index contributed by atoms with van der Waals surface area (Å²) >= 11 is 1.67. The van der Waals surface area contributed by atoms with Gasteiger partial charge in [-0.25, -0.2) is 4.79 Å². The lowest BCUT2D eigenvalue weighted by Gasteiger charge is -2.17. The van der Waals surface area contributed by atoms with Gasteiger partial charge in [0.1, 0.15) is 0 Å². The number of hydrogen-bond acceptors (Lipinski definition) is 3. The molecule has 2 amide bonds. The Labute approximate surface area is 111 Å². The molecule has 0 bridgehead atoms. The van der Waals surface area contributed by atoms with Crippen molar-refractivity contribution in [1.29, 1.82) is 0 Å². The van der Waals surface area contributed by atoms with Crippen LogP contribution in [0.25, 0.3) is 0 Å². The summed E-state index contributed by atoms with van der Waals surface area (Å²) in [5.41, 5.74) is 0.810. The van der Waals surface area contributed by atoms with Crippen LogP contribution >= 0.6 is 11.8 Å². The largest absolute Gasteiger partial charge is 0.396 e. The zero-order valence-electron chi connectivity index (χ0n) is 10.4. The summed E-state index contributed by atoms with van der Waals surface area (Å²) in [6, 6.07) is 7.71. The van der Waals surface area contributed by atoms with Crippen LogP contribution in [0.1, 0.15) is 6.42 Å². The van der Waals surface area contributed by atoms with E-state index in [4.69, 9.17) is 5.11 Å². The molecule has 4 nitrogen and oxygen atoms in total. The standard InChI is InChI=1S/C13H18N2O2S/c1-18-12-4-2-11(3-5-12)14-13(17)15-7-6-10(8-15)9-16/h2-5,10,16H,6-9H2,1H3,(H,14,17). The Morgan fingerprint density at radius 1 is 1.50 bits per heavy atom. The minimum atomic E-state index is -0.0807. The Kier molecular flexibility index (Phi) is 4.49. The molecule has 0 radical (unpaired) electrons. The fourth-order valence-electron chi connectivity index (χ4n) is 2.04. The molecule has 2 rings (SSSR count). The Balaban J connectivity index is 1.90. The second-order valence-electron chi connectivity index (χ2n) is 4.44. The van der Waals surface area contributed by atoms with Crippen LogP contribution in [0, 0.1) is 5.92 Å². The van der Waals surface area contributed by atoms with Gasteiger partial charge in [-0.2, -0.15) is 0 Å². The van der Waals surface area contributed by atoms with E-state index in [1.807, 2.05) is 30.5 Å². The maximum Gasteiger partial charge on any atom is 0.321 e. The van der Waals surface area contributed by atoms with E-state index in [-0.39, 0.29) is 18.6 Å². The normalized spacial score (nSPS) is 19.0. The summed E-state index contributed by atoms with van der Waals surface area (Å²) in [5, 5.41) is 11.9. The summed E-state index contributed by atoms with van der Waals surface area (Å²) in [4.78, 5) is 14.9. The van der Waals surface area contributed by atoms with Crippen LogP contribution < -0.4 is 5.32 Å². The number of carbonyl (C=O) groups is 1. The van der Waals surface area contributed by atoms with Crippen molar-refractivity contribution in [3.8, 4) is 0 Å². The number of anilines is 1. The molecule has 98 valence electrons. The van der Waals surface area contributed by atoms with Crippen molar-refractivity contribution < 1.29 is 9.90 Å². The van der Waals surface area contributed by atoms with Crippen LogP contribution in [0.3, 0.4) is 0 Å². The van der Waals surface area contributed by atoms with Gasteiger partial charge in [0.2, 0.25) is 0 Å². The van der Waals surface area contributed by atoms with Crippen molar-refractivity contribution in [3.05, 3.63) is 24.3 Å². The van der Waals surface area contributed by atoms with Crippen molar-refractivity contribution in [2.75, 3.05) is 31.3 Å². The van der Waals surface area contributed by atoms with E-state index in [0.717, 1.165) is 18.7 Å². The molecule has 1 heterocycles. The molecule has 0 saturated carbocycles. The molecular formula is C13H18N2O2S. The van der Waals surface area contributed by atoms with Crippen molar-refractivity contribution in [1.82, 2.24) is 4.90 Å². The summed E-state index contributed by atoms with van der Waals surface area (Å²) in [7, 11) is 0. The van der Waals surface area contributed by atoms with Crippen molar-refractivity contribution in [2.24, 2.45) is 5.92 Å². The summed E-state index contributed by atoms with van der Waals surface area (Å²) < 4.78 is 0. The number of urea groups is 1. The number of aliphatic hydroxyl groups is 1. The van der Waals surface area contributed by atoms with Gasteiger partial charge in [-0.3, -0.25) is 0 Å². The van der Waals surface area contributed by atoms with E-state index >= 15 is 0 Å². The second-order valence-corrected chi connectivity index (χ2v) is 5.32. The third kappa shape index (κ3) is 3.17. The Bertz CT molecular complexity index is 408. The van der Waals surface area contributed by atoms with Crippen molar-refractivity contribution in [2.45, 2.75) is 11.3 Å². The van der Waals surface area contributed by atoms with Crippen LogP contribution in [0.4, 0.5) is 10.5 Å². The average Bonchev–Trinajstić information content (AvgIpc) is 2.88. The number of thioether (sulfide) groups is 1. The van der Waals surface area contributed by atoms with Crippen molar-refractivity contribution in [3.63, 3.8) is 0 Å². The first-order valence-electron chi connectivity index (χ1n) is 6.03. The highest BCUT2D eigenvalue weighted by molar-refractivity contribution is 7.98. The van der Waals surface area contributed by atoms with Gasteiger partial charge in [-0.1, -0.05) is 0 Å². The van der Waals surface area contributed by atoms with Crippen LogP contribution in [0.5, 0.6) is 0 Å². The van der Waals surface area contributed by atoms with E-state index < -0.39 is 0 Å². The van der Waals surface area contributed by atoms with E-state index in [9.17, 15) is 4.79 Å². The van der Waals surface area contributed by atoms with E-state index in [0.29, 0.717) is 6.54 Å². The predicted molar refractivity (Wildman–Crippen MR) is 74.0 cm³/mol. The molecule has 1 aliphatic rings. The summed E-state index contributed by atoms with van der Waals surface area (Å²) in [6.45, 7) is 1.53. The first-order valence-corrected chi connectivity index (χ1v) is 7.26. The molecule has 1 unspecified atom stereocenters. The molecule has 0 aliphatic carbocycles. The van der Waals surface area contributed by atoms with Crippen LogP contribution in [-0.4, -0.2) is 42.0 Å². The maximum atomic E-state index is 12.0. The lowest BCUT2D eigenvalue weighted by atomic mass is 10.1. The van der Waals surface area contributed by atoms with Gasteiger partial charge in [0, 0.05) is 36.2 Å². The first kappa shape index (κ1) is 13.2. The fraction of sp³-hybridized carbons (Fsp3) is 0.462. The molecule has 1 fully saturated rings. The van der Waals surface area contributed by atoms with Crippen molar-refractivity contribution >= 4 is 23.5 Å². The number of nitrogens with one attached hydrogen (secondary N) is 1. The highest BCUT2D eigenvalue weighted by atomic mass is 32.2. The molecule has 1 aliphatic heterocycles. The number of carbonyl (C=O) groups excluding carboxylic acids is 1. The molecule has 1 atom stereocenters. The summed E-state index contributed by atoms with van der Waals surface area (Å²) in [5.74, 6) is 0.231. The number of amides is 2. The maximum absolute atomic E-state index is 12.0. The molecule has 0 aromatic heterocycles. The Morgan fingerprint density at radius 3 is 2.78 bits per heavy atom. The molecular weight excluding hydrogens is 248 g/mol. The topological polar surface area (TPSA) is 52.6 Å². The van der Waals surface area contributed by atoms with E-state index in [2.05, 4.69) is 5.32 Å². The van der Waals surface area contributed by atoms with Gasteiger partial charge in [0.25, 0.3) is 0 Å². The number of benzene rings is 1. The third-order valence-corrected chi connectivity index (χ3v) is 3.92. The van der Waals surface area contributed by atoms with E-state index in [1.54, 1.807) is 16.7 Å². The van der Waals surface area contributed by atoms with Gasteiger partial charge in [0.15, 0.2) is 0 Å². The quantitative estimate of drug-likeness (QED) is 0.825. The number of aliphatic hydroxyl groups excluding tert-OH is 1. The molecule has 1 aromatic carbocycles. The molecule has 1 saturated heterocycles. The molecule has 1 aromatic rings. The molecule has 2 N–H and O–H groups in total. The van der Waals surface area contributed by atoms with Gasteiger partial charge in [-0.15, -0.1) is 11.8 Å². The molecule has 0 spiro atoms. The third-order valence-electron chi connectivity index (χ3n) is 3.17. The predicted octanol–water partition coefficient (Wildman–Crippen LogP) is 2.25. The number of nitrogens with zero attached hydrogens (tertiary/aromatic N) is 1. The summed E-state index contributed by atoms with van der Waals surface area (Å²) in [6.07, 6.45) is 2.90. The molecule has 18 heavy (non-hydrogen) atoms. The SMILES string of the molecule is CSc1ccc(NC(=O)N2CCC(CO)C2)cc1. The first-order chi connectivity index (χ1) is 8.72. The monoisotopic (exact) mass is 266 g/mol. The van der Waals surface area contributed by atoms with Crippen LogP contribution in [-0.2, 0) is 0 Å². The minimum absolute atomic E-state index is 0.0807. The van der Waals surface area contributed by atoms with Crippen LogP contribution in [0.15, 0.2) is 29.2 Å². The zero-order chi connectivity index (χ0) is 13.0. The Morgan fingerprint density at radius 2 is 2.22 bits per heavy atom. The Hall–Kier alpha value is -1.20. The van der Waals surface area contributed by atoms with Crippen LogP contribution in [0.2, 0.25) is 0 Å². The zero-order valence-corrected chi connectivity index (χ0v) is 11.2. The van der Waals surface area contributed by atoms with Gasteiger partial charge in [-0.05, 0) is 36.9 Å². The highest BCUT2D eigenvalue weighted by Gasteiger charge is 2.25. The van der Waals surface area contributed by atoms with E-state index in [1.165, 1.54) is 4.90 Å². The smallest absolute Gasteiger partial charge is 0.321 e. The second kappa shape index (κ2) is 6.11. The lowest BCUT2D eigenvalue weighted by molar-refractivity contribution is 0.209. The minimum Gasteiger partial charge on any atom is -0.396 e. The average molecular weight is 266 g/mol. The highest BCUT2D eigenvalue weighted by Crippen LogP contribution is 2.19. The fourth-order valence-corrected chi connectivity index (χ4v) is 2.45. The number of rotatable bonds is 3. The van der Waals surface area contributed by atoms with Gasteiger partial charge >= 0.3 is 6.03 Å². The van der Waals surface area contributed by atoms with Gasteiger partial charge in [0.05, 0.1) is 0 Å². The number of hydrogen-bond donors (Lipinski definition) is 2. The van der Waals surface area contributed by atoms with Gasteiger partial charge < -0.3 is 15.3 Å². The lowest BCUT2D eigenvalue weighted by Crippen LogP contribution is -2.33. The molecule has 5 heteroatoms. The number of likely N-dealkylation sites (tertiary alicyclic amines) is 1.